The summed E-state index contributed by atoms with van der Waals surface area (Å²) in [5, 5.41) is 0. The Bertz CT molecular complexity index is 657. The van der Waals surface area contributed by atoms with Gasteiger partial charge in [-0.2, -0.15) is 4.40 Å². The van der Waals surface area contributed by atoms with Gasteiger partial charge in [0.1, 0.15) is 0 Å². The first-order chi connectivity index (χ1) is 8.92. The molecule has 0 radical (unpaired) electrons. The molecule has 0 aromatic carbocycles. The van der Waals surface area contributed by atoms with Crippen molar-refractivity contribution in [1.29, 1.82) is 0 Å². The summed E-state index contributed by atoms with van der Waals surface area (Å²) in [5.41, 5.74) is 1.85. The molecular formula is C14H20N2O3S. The van der Waals surface area contributed by atoms with E-state index >= 15 is 0 Å². The average Bonchev–Trinajstić information content (AvgIpc) is 2.25. The smallest absolute Gasteiger partial charge is 0.251 e. The first-order valence-electron chi connectivity index (χ1n) is 6.21. The van der Waals surface area contributed by atoms with Crippen LogP contribution in [0.4, 0.5) is 0 Å². The highest BCUT2D eigenvalue weighted by Crippen LogP contribution is 2.20. The molecule has 6 heteroatoms. The molecule has 1 aliphatic rings. The van der Waals surface area contributed by atoms with Crippen LogP contribution >= 0.6 is 0 Å². The van der Waals surface area contributed by atoms with E-state index in [9.17, 15) is 13.2 Å². The van der Waals surface area contributed by atoms with Gasteiger partial charge in [0.15, 0.2) is 0 Å². The third-order valence-electron chi connectivity index (χ3n) is 2.86. The van der Waals surface area contributed by atoms with Crippen LogP contribution in [-0.4, -0.2) is 32.0 Å². The topological polar surface area (TPSA) is 75.9 Å². The molecule has 0 saturated heterocycles. The molecule has 0 bridgehead atoms. The van der Waals surface area contributed by atoms with Crippen LogP contribution in [0.25, 0.3) is 0 Å². The standard InChI is InChI=1S/C14H20N2O3S/c1-9-10(2)12(16-20(6,18)19)8-7-11(9)15-13(17)14(3,4)5/h7-8H,1-6H3/b15-11?,16-12+. The number of sulfonamides is 1. The van der Waals surface area contributed by atoms with E-state index in [0.717, 1.165) is 11.8 Å². The number of hydrogen-bond acceptors (Lipinski definition) is 3. The maximum absolute atomic E-state index is 11.9. The van der Waals surface area contributed by atoms with E-state index in [0.29, 0.717) is 17.0 Å². The third-order valence-corrected chi connectivity index (χ3v) is 3.39. The van der Waals surface area contributed by atoms with Crippen molar-refractivity contribution in [2.45, 2.75) is 34.6 Å². The number of nitrogens with zero attached hydrogens (tertiary/aromatic N) is 2. The lowest BCUT2D eigenvalue weighted by atomic mass is 9.94. The Balaban J connectivity index is 3.24. The summed E-state index contributed by atoms with van der Waals surface area (Å²) in [6.07, 6.45) is 4.23. The molecule has 0 unspecified atom stereocenters. The molecule has 0 atom stereocenters. The maximum atomic E-state index is 11.9. The van der Waals surface area contributed by atoms with Crippen LogP contribution in [0.1, 0.15) is 34.6 Å². The molecule has 1 rings (SSSR count). The van der Waals surface area contributed by atoms with E-state index < -0.39 is 15.4 Å². The van der Waals surface area contributed by atoms with Crippen LogP contribution in [0.2, 0.25) is 0 Å². The molecule has 0 saturated carbocycles. The second-order valence-electron chi connectivity index (χ2n) is 5.85. The van der Waals surface area contributed by atoms with Crippen molar-refractivity contribution in [3.8, 4) is 0 Å². The first kappa shape index (κ1) is 16.5. The first-order valence-corrected chi connectivity index (χ1v) is 8.06. The number of aliphatic imine (C=N–C) groups is 1. The van der Waals surface area contributed by atoms with Crippen molar-refractivity contribution >= 4 is 27.4 Å². The van der Waals surface area contributed by atoms with E-state index in [1.165, 1.54) is 0 Å². The van der Waals surface area contributed by atoms with Crippen molar-refractivity contribution in [1.82, 2.24) is 0 Å². The van der Waals surface area contributed by atoms with Crippen molar-refractivity contribution in [2.24, 2.45) is 14.8 Å². The zero-order chi connectivity index (χ0) is 15.7. The van der Waals surface area contributed by atoms with Gasteiger partial charge in [-0.25, -0.2) is 13.4 Å². The van der Waals surface area contributed by atoms with Gasteiger partial charge < -0.3 is 0 Å². The minimum atomic E-state index is -3.45. The molecule has 110 valence electrons. The zero-order valence-corrected chi connectivity index (χ0v) is 13.5. The number of carbonyl (C=O) groups excluding carboxylic acids is 1. The summed E-state index contributed by atoms with van der Waals surface area (Å²) in [7, 11) is -3.45. The highest BCUT2D eigenvalue weighted by Gasteiger charge is 2.22. The van der Waals surface area contributed by atoms with Crippen molar-refractivity contribution < 1.29 is 13.2 Å². The molecule has 0 fully saturated rings. The van der Waals surface area contributed by atoms with Crippen molar-refractivity contribution in [3.05, 3.63) is 23.3 Å². The number of allylic oxidation sites excluding steroid dienone is 4. The Hall–Kier alpha value is -1.56. The predicted molar refractivity (Wildman–Crippen MR) is 81.7 cm³/mol. The lowest BCUT2D eigenvalue weighted by Crippen LogP contribution is -2.21. The second kappa shape index (κ2) is 5.44. The van der Waals surface area contributed by atoms with Crippen LogP contribution in [0.3, 0.4) is 0 Å². The van der Waals surface area contributed by atoms with Crippen LogP contribution in [0.5, 0.6) is 0 Å². The summed E-state index contributed by atoms with van der Waals surface area (Å²) in [6, 6.07) is 0. The van der Waals surface area contributed by atoms with E-state index in [-0.39, 0.29) is 5.91 Å². The van der Waals surface area contributed by atoms with Gasteiger partial charge in [0.2, 0.25) is 0 Å². The Kier molecular flexibility index (Phi) is 4.49. The number of carbonyl (C=O) groups is 1. The molecule has 0 aliphatic heterocycles. The normalized spacial score (nSPS) is 20.9. The van der Waals surface area contributed by atoms with Gasteiger partial charge in [0.05, 0.1) is 17.7 Å². The van der Waals surface area contributed by atoms with Crippen molar-refractivity contribution in [2.75, 3.05) is 6.26 Å². The number of hydrogen-bond donors (Lipinski definition) is 0. The van der Waals surface area contributed by atoms with E-state index in [1.54, 1.807) is 46.8 Å². The third kappa shape index (κ3) is 4.23. The average molecular weight is 296 g/mol. The molecule has 0 heterocycles. The molecule has 0 spiro atoms. The predicted octanol–water partition coefficient (Wildman–Crippen LogP) is 2.31. The molecular weight excluding hydrogens is 276 g/mol. The van der Waals surface area contributed by atoms with Crippen LogP contribution in [0, 0.1) is 5.41 Å². The van der Waals surface area contributed by atoms with Crippen LogP contribution < -0.4 is 0 Å². The zero-order valence-electron chi connectivity index (χ0n) is 12.7. The molecule has 20 heavy (non-hydrogen) atoms. The van der Waals surface area contributed by atoms with Crippen molar-refractivity contribution in [3.63, 3.8) is 0 Å². The quantitative estimate of drug-likeness (QED) is 0.697. The summed E-state index contributed by atoms with van der Waals surface area (Å²) >= 11 is 0. The van der Waals surface area contributed by atoms with Gasteiger partial charge in [0.25, 0.3) is 15.9 Å². The molecule has 0 aromatic heterocycles. The minimum Gasteiger partial charge on any atom is -0.272 e. The lowest BCUT2D eigenvalue weighted by molar-refractivity contribution is -0.124. The number of rotatable bonds is 1. The van der Waals surface area contributed by atoms with Gasteiger partial charge in [0, 0.05) is 5.41 Å². The number of amides is 1. The van der Waals surface area contributed by atoms with Gasteiger partial charge in [-0.3, -0.25) is 4.79 Å². The molecule has 1 amide bonds. The fourth-order valence-electron chi connectivity index (χ4n) is 1.47. The van der Waals surface area contributed by atoms with E-state index in [1.807, 2.05) is 0 Å². The lowest BCUT2D eigenvalue weighted by Gasteiger charge is -2.16. The highest BCUT2D eigenvalue weighted by molar-refractivity contribution is 7.89. The minimum absolute atomic E-state index is 0.215. The molecule has 0 aromatic rings. The maximum Gasteiger partial charge on any atom is 0.251 e. The fraction of sp³-hybridized carbons (Fsp3) is 0.500. The Morgan fingerprint density at radius 1 is 1.05 bits per heavy atom. The summed E-state index contributed by atoms with van der Waals surface area (Å²) in [6.45, 7) is 8.96. The van der Waals surface area contributed by atoms with Gasteiger partial charge >= 0.3 is 0 Å². The van der Waals surface area contributed by atoms with E-state index in [2.05, 4.69) is 9.39 Å². The summed E-state index contributed by atoms with van der Waals surface area (Å²) < 4.78 is 26.1. The largest absolute Gasteiger partial charge is 0.272 e. The Morgan fingerprint density at radius 2 is 1.50 bits per heavy atom. The highest BCUT2D eigenvalue weighted by atomic mass is 32.2. The Morgan fingerprint density at radius 3 is 1.95 bits per heavy atom. The van der Waals surface area contributed by atoms with Gasteiger partial charge in [-0.15, -0.1) is 0 Å². The molecule has 5 nitrogen and oxygen atoms in total. The van der Waals surface area contributed by atoms with Gasteiger partial charge in [-0.05, 0) is 37.1 Å². The Labute approximate surface area is 120 Å². The summed E-state index contributed by atoms with van der Waals surface area (Å²) in [4.78, 5) is 16.0. The second-order valence-corrected chi connectivity index (χ2v) is 7.49. The van der Waals surface area contributed by atoms with E-state index in [4.69, 9.17) is 0 Å². The van der Waals surface area contributed by atoms with Gasteiger partial charge in [-0.1, -0.05) is 20.8 Å². The summed E-state index contributed by atoms with van der Waals surface area (Å²) in [5.74, 6) is -0.215. The molecule has 0 N–H and O–H groups in total. The monoisotopic (exact) mass is 296 g/mol. The SMILES string of the molecule is CC1=C(C)/C(=N/S(C)(=O)=O)C=CC1=NC(=O)C(C)(C)C. The fourth-order valence-corrected chi connectivity index (χ4v) is 2.02. The van der Waals surface area contributed by atoms with Crippen LogP contribution in [0.15, 0.2) is 32.7 Å². The molecule has 1 aliphatic carbocycles. The van der Waals surface area contributed by atoms with Crippen LogP contribution in [-0.2, 0) is 14.8 Å².